The number of hydrogen-bond acceptors (Lipinski definition) is 1. The molecule has 1 nitrogen and oxygen atoms in total. The molecule has 0 saturated heterocycles. The molecule has 0 aliphatic carbocycles. The predicted molar refractivity (Wildman–Crippen MR) is 55.7 cm³/mol. The monoisotopic (exact) mass is 212 g/mol. The van der Waals surface area contributed by atoms with E-state index in [1.807, 2.05) is 30.3 Å². The van der Waals surface area contributed by atoms with E-state index in [4.69, 9.17) is 5.11 Å². The smallest absolute Gasteiger partial charge is 0.269 e. The van der Waals surface area contributed by atoms with Crippen molar-refractivity contribution < 1.29 is 13.9 Å². The van der Waals surface area contributed by atoms with Crippen LogP contribution in [0.1, 0.15) is 18.4 Å². The van der Waals surface area contributed by atoms with E-state index in [9.17, 15) is 8.78 Å². The van der Waals surface area contributed by atoms with Gasteiger partial charge in [-0.05, 0) is 30.4 Å². The van der Waals surface area contributed by atoms with Gasteiger partial charge in [0.15, 0.2) is 0 Å². The van der Waals surface area contributed by atoms with Crippen molar-refractivity contribution in [3.05, 3.63) is 47.5 Å². The summed E-state index contributed by atoms with van der Waals surface area (Å²) in [6.07, 6.45) is -0.685. The van der Waals surface area contributed by atoms with Gasteiger partial charge < -0.3 is 5.11 Å². The van der Waals surface area contributed by atoms with Crippen LogP contribution >= 0.6 is 0 Å². The molecule has 0 unspecified atom stereocenters. The maximum atomic E-state index is 12.4. The highest BCUT2D eigenvalue weighted by Crippen LogP contribution is 2.18. The third-order valence-corrected chi connectivity index (χ3v) is 2.24. The van der Waals surface area contributed by atoms with Crippen LogP contribution in [0.3, 0.4) is 0 Å². The van der Waals surface area contributed by atoms with Gasteiger partial charge >= 0.3 is 0 Å². The molecule has 1 aromatic rings. The SMILES string of the molecule is OCCC(CCc1ccccc1)=C(F)F. The summed E-state index contributed by atoms with van der Waals surface area (Å²) in [6, 6.07) is 9.48. The summed E-state index contributed by atoms with van der Waals surface area (Å²) < 4.78 is 24.7. The van der Waals surface area contributed by atoms with E-state index in [-0.39, 0.29) is 18.6 Å². The summed E-state index contributed by atoms with van der Waals surface area (Å²) in [5.41, 5.74) is 1.09. The molecule has 0 atom stereocenters. The minimum absolute atomic E-state index is 0.0568. The highest BCUT2D eigenvalue weighted by molar-refractivity contribution is 5.16. The molecule has 1 aromatic carbocycles. The van der Waals surface area contributed by atoms with Gasteiger partial charge in [0, 0.05) is 6.61 Å². The van der Waals surface area contributed by atoms with Crippen LogP contribution in [0, 0.1) is 0 Å². The van der Waals surface area contributed by atoms with Gasteiger partial charge in [0.1, 0.15) is 0 Å². The van der Waals surface area contributed by atoms with Crippen molar-refractivity contribution in [2.75, 3.05) is 6.61 Å². The van der Waals surface area contributed by atoms with E-state index in [1.54, 1.807) is 0 Å². The lowest BCUT2D eigenvalue weighted by Gasteiger charge is -2.04. The van der Waals surface area contributed by atoms with Gasteiger partial charge in [0.05, 0.1) is 0 Å². The fourth-order valence-electron chi connectivity index (χ4n) is 1.39. The predicted octanol–water partition coefficient (Wildman–Crippen LogP) is 3.15. The second kappa shape index (κ2) is 6.30. The van der Waals surface area contributed by atoms with Crippen LogP contribution in [0.2, 0.25) is 0 Å². The van der Waals surface area contributed by atoms with Crippen LogP contribution in [-0.4, -0.2) is 11.7 Å². The average molecular weight is 212 g/mol. The Morgan fingerprint density at radius 3 is 2.27 bits per heavy atom. The van der Waals surface area contributed by atoms with Gasteiger partial charge in [-0.2, -0.15) is 8.78 Å². The summed E-state index contributed by atoms with van der Waals surface area (Å²) in [7, 11) is 0. The summed E-state index contributed by atoms with van der Waals surface area (Å²) in [5, 5.41) is 8.62. The topological polar surface area (TPSA) is 20.2 Å². The first-order valence-corrected chi connectivity index (χ1v) is 4.92. The lowest BCUT2D eigenvalue weighted by molar-refractivity contribution is 0.291. The first-order chi connectivity index (χ1) is 7.24. The maximum Gasteiger partial charge on any atom is 0.269 e. The lowest BCUT2D eigenvalue weighted by atomic mass is 10.0. The van der Waals surface area contributed by atoms with Crippen LogP contribution in [0.25, 0.3) is 0 Å². The number of hydrogen-bond donors (Lipinski definition) is 1. The summed E-state index contributed by atoms with van der Waals surface area (Å²) in [5.74, 6) is 0. The molecule has 0 amide bonds. The molecular weight excluding hydrogens is 198 g/mol. The van der Waals surface area contributed by atoms with Crippen molar-refractivity contribution in [3.63, 3.8) is 0 Å². The van der Waals surface area contributed by atoms with Gasteiger partial charge in [-0.3, -0.25) is 0 Å². The van der Waals surface area contributed by atoms with E-state index in [0.29, 0.717) is 12.8 Å². The van der Waals surface area contributed by atoms with Crippen LogP contribution in [0.15, 0.2) is 42.0 Å². The molecule has 15 heavy (non-hydrogen) atoms. The van der Waals surface area contributed by atoms with Gasteiger partial charge in [-0.25, -0.2) is 0 Å². The summed E-state index contributed by atoms with van der Waals surface area (Å²) in [4.78, 5) is 0. The molecular formula is C12H14F2O. The zero-order chi connectivity index (χ0) is 11.1. The van der Waals surface area contributed by atoms with Crippen molar-refractivity contribution in [1.29, 1.82) is 0 Å². The Hall–Kier alpha value is -1.22. The van der Waals surface area contributed by atoms with Crippen molar-refractivity contribution >= 4 is 0 Å². The highest BCUT2D eigenvalue weighted by Gasteiger charge is 2.05. The Morgan fingerprint density at radius 2 is 1.73 bits per heavy atom. The minimum Gasteiger partial charge on any atom is -0.396 e. The molecule has 0 aliphatic heterocycles. The molecule has 0 heterocycles. The Morgan fingerprint density at radius 1 is 1.07 bits per heavy atom. The molecule has 0 saturated carbocycles. The Kier molecular flexibility index (Phi) is 4.98. The standard InChI is InChI=1S/C12H14F2O/c13-12(14)11(8-9-15)7-6-10-4-2-1-3-5-10/h1-5,15H,6-9H2. The van der Waals surface area contributed by atoms with Crippen LogP contribution in [-0.2, 0) is 6.42 Å². The molecule has 0 aromatic heterocycles. The van der Waals surface area contributed by atoms with Crippen LogP contribution < -0.4 is 0 Å². The van der Waals surface area contributed by atoms with E-state index in [1.165, 1.54) is 0 Å². The Labute approximate surface area is 88.1 Å². The quantitative estimate of drug-likeness (QED) is 0.794. The Balaban J connectivity index is 2.52. The first-order valence-electron chi connectivity index (χ1n) is 4.92. The number of aryl methyl sites for hydroxylation is 1. The third-order valence-electron chi connectivity index (χ3n) is 2.24. The number of benzene rings is 1. The first kappa shape index (κ1) is 11.9. The number of halogens is 2. The van der Waals surface area contributed by atoms with E-state index >= 15 is 0 Å². The zero-order valence-electron chi connectivity index (χ0n) is 8.42. The van der Waals surface area contributed by atoms with Crippen molar-refractivity contribution in [2.45, 2.75) is 19.3 Å². The second-order valence-corrected chi connectivity index (χ2v) is 3.32. The normalized spacial score (nSPS) is 10.1. The third kappa shape index (κ3) is 4.21. The molecule has 0 bridgehead atoms. The second-order valence-electron chi connectivity index (χ2n) is 3.32. The maximum absolute atomic E-state index is 12.4. The number of aliphatic hydroxyl groups is 1. The van der Waals surface area contributed by atoms with E-state index < -0.39 is 6.08 Å². The molecule has 0 radical (unpaired) electrons. The molecule has 0 fully saturated rings. The largest absolute Gasteiger partial charge is 0.396 e. The van der Waals surface area contributed by atoms with E-state index in [2.05, 4.69) is 0 Å². The molecule has 1 N–H and O–H groups in total. The molecule has 0 spiro atoms. The van der Waals surface area contributed by atoms with Gasteiger partial charge in [-0.1, -0.05) is 30.3 Å². The summed E-state index contributed by atoms with van der Waals surface area (Å²) in [6.45, 7) is -0.221. The zero-order valence-corrected chi connectivity index (χ0v) is 8.42. The Bertz CT molecular complexity index is 316. The molecule has 3 heteroatoms. The minimum atomic E-state index is -1.65. The molecule has 82 valence electrons. The van der Waals surface area contributed by atoms with Crippen molar-refractivity contribution in [3.8, 4) is 0 Å². The van der Waals surface area contributed by atoms with Crippen molar-refractivity contribution in [1.82, 2.24) is 0 Å². The summed E-state index contributed by atoms with van der Waals surface area (Å²) >= 11 is 0. The van der Waals surface area contributed by atoms with Crippen LogP contribution in [0.4, 0.5) is 8.78 Å². The van der Waals surface area contributed by atoms with Crippen molar-refractivity contribution in [2.24, 2.45) is 0 Å². The van der Waals surface area contributed by atoms with Crippen LogP contribution in [0.5, 0.6) is 0 Å². The van der Waals surface area contributed by atoms with E-state index in [0.717, 1.165) is 5.56 Å². The fraction of sp³-hybridized carbons (Fsp3) is 0.333. The average Bonchev–Trinajstić information content (AvgIpc) is 2.25. The van der Waals surface area contributed by atoms with Gasteiger partial charge in [-0.15, -0.1) is 0 Å². The lowest BCUT2D eigenvalue weighted by Crippen LogP contribution is -1.94. The van der Waals surface area contributed by atoms with Gasteiger partial charge in [0.2, 0.25) is 0 Å². The number of aliphatic hydroxyl groups excluding tert-OH is 1. The number of rotatable bonds is 5. The van der Waals surface area contributed by atoms with Gasteiger partial charge in [0.25, 0.3) is 6.08 Å². The molecule has 0 aliphatic rings. The highest BCUT2D eigenvalue weighted by atomic mass is 19.3. The fourth-order valence-corrected chi connectivity index (χ4v) is 1.39. The molecule has 1 rings (SSSR count).